The molecule has 0 spiro atoms. The minimum atomic E-state index is -7.13. The number of rotatable bonds is 30. The van der Waals surface area contributed by atoms with Crippen molar-refractivity contribution in [1.29, 1.82) is 0 Å². The first-order valence-electron chi connectivity index (χ1n) is 17.5. The maximum atomic E-state index is 13.7. The van der Waals surface area contributed by atoms with E-state index in [0.29, 0.717) is 0 Å². The lowest BCUT2D eigenvalue weighted by Crippen LogP contribution is -2.60. The molecular weight excluding hydrogens is 968 g/mol. The molecule has 0 bridgehead atoms. The molecule has 0 aromatic heterocycles. The normalized spacial score (nSPS) is 15.5. The molecule has 0 atom stereocenters. The van der Waals surface area contributed by atoms with Gasteiger partial charge in [0.1, 0.15) is 0 Å². The largest absolute Gasteiger partial charge is 0.474 e. The van der Waals surface area contributed by atoms with Gasteiger partial charge in [0.05, 0.1) is 19.8 Å². The lowest BCUT2D eigenvalue weighted by Gasteiger charge is -2.33. The van der Waals surface area contributed by atoms with Gasteiger partial charge in [-0.15, -0.1) is 0 Å². The molecule has 0 aromatic carbocycles. The van der Waals surface area contributed by atoms with Gasteiger partial charge >= 0.3 is 79.7 Å². The first-order chi connectivity index (χ1) is 27.4. The van der Waals surface area contributed by atoms with E-state index in [0.717, 1.165) is 0 Å². The SMILES string of the molecule is O=P(OCCCCCCC(F)(F)C(F)(F)C(F)(F)C(F)(F)F)(OCCCCCCC(F)(F)C(F)(F)C(F)(F)C(F)(F)F)OCCCCCCC(F)(F)C(F)(F)C(F)(F)C(F)(F)F. The summed E-state index contributed by atoms with van der Waals surface area (Å²) in [5.74, 6) is -59.6. The highest BCUT2D eigenvalue weighted by molar-refractivity contribution is 7.48. The molecule has 0 heterocycles. The van der Waals surface area contributed by atoms with Crippen LogP contribution in [0, 0.1) is 0 Å². The molecular formula is C30H36F27O4P. The second kappa shape index (κ2) is 21.2. The van der Waals surface area contributed by atoms with E-state index >= 15 is 0 Å². The predicted octanol–water partition coefficient (Wildman–Crippen LogP) is 15.4. The van der Waals surface area contributed by atoms with Gasteiger partial charge in [-0.25, -0.2) is 4.57 Å². The zero-order chi connectivity index (χ0) is 49.3. The third kappa shape index (κ3) is 14.4. The Kier molecular flexibility index (Phi) is 20.6. The second-order valence-electron chi connectivity index (χ2n) is 13.5. The van der Waals surface area contributed by atoms with E-state index in [2.05, 4.69) is 0 Å². The van der Waals surface area contributed by atoms with Crippen molar-refractivity contribution >= 4 is 7.82 Å². The van der Waals surface area contributed by atoms with E-state index in [-0.39, 0.29) is 19.3 Å². The molecule has 0 rings (SSSR count). The summed E-state index contributed by atoms with van der Waals surface area (Å²) in [6.45, 7) is -2.35. The van der Waals surface area contributed by atoms with Gasteiger partial charge in [0, 0.05) is 19.3 Å². The summed E-state index contributed by atoms with van der Waals surface area (Å²) in [5.41, 5.74) is 0. The van der Waals surface area contributed by atoms with E-state index in [1.807, 2.05) is 0 Å². The Balaban J connectivity index is 5.33. The van der Waals surface area contributed by atoms with Crippen LogP contribution >= 0.6 is 7.82 Å². The van der Waals surface area contributed by atoms with Crippen LogP contribution in [0.2, 0.25) is 0 Å². The highest BCUT2D eigenvalue weighted by Gasteiger charge is 2.83. The molecule has 0 unspecified atom stereocenters. The van der Waals surface area contributed by atoms with Crippen molar-refractivity contribution in [2.75, 3.05) is 19.8 Å². The highest BCUT2D eigenvalue weighted by atomic mass is 31.2. The van der Waals surface area contributed by atoms with Crippen molar-refractivity contribution in [3.8, 4) is 0 Å². The summed E-state index contributed by atoms with van der Waals surface area (Å²) in [7, 11) is -4.86. The van der Waals surface area contributed by atoms with Crippen molar-refractivity contribution < 1.29 is 137 Å². The Labute approximate surface area is 333 Å². The summed E-state index contributed by atoms with van der Waals surface area (Å²) in [4.78, 5) is 0. The molecule has 0 N–H and O–H groups in total. The minimum absolute atomic E-state index is 0.380. The fraction of sp³-hybridized carbons (Fsp3) is 1.00. The average molecular weight is 1000 g/mol. The number of hydrogen-bond donors (Lipinski definition) is 0. The number of halogens is 27. The molecule has 0 saturated carbocycles. The van der Waals surface area contributed by atoms with Crippen LogP contribution in [0.4, 0.5) is 119 Å². The van der Waals surface area contributed by atoms with Gasteiger partial charge in [0.25, 0.3) is 0 Å². The second-order valence-corrected chi connectivity index (χ2v) is 15.2. The van der Waals surface area contributed by atoms with Crippen LogP contribution in [0.15, 0.2) is 0 Å². The number of unbranched alkanes of at least 4 members (excludes halogenated alkanes) is 9. The van der Waals surface area contributed by atoms with E-state index in [9.17, 15) is 123 Å². The minimum Gasteiger partial charge on any atom is -0.287 e. The Hall–Kier alpha value is -1.78. The molecule has 0 aromatic rings. The smallest absolute Gasteiger partial charge is 0.287 e. The van der Waals surface area contributed by atoms with E-state index in [4.69, 9.17) is 13.6 Å². The van der Waals surface area contributed by atoms with Crippen LogP contribution in [-0.2, 0) is 18.1 Å². The summed E-state index contributed by atoms with van der Waals surface area (Å²) in [6, 6.07) is 0. The number of hydrogen-bond acceptors (Lipinski definition) is 4. The van der Waals surface area contributed by atoms with Gasteiger partial charge in [-0.05, 0) is 38.5 Å². The van der Waals surface area contributed by atoms with E-state index < -0.39 is 177 Å². The van der Waals surface area contributed by atoms with Crippen molar-refractivity contribution in [3.05, 3.63) is 0 Å². The standard InChI is InChI=1S/C30H36F27O4P/c31-19(32,22(37,38)25(43,44)28(49,50)51)13-7-1-4-10-16-59-62(58,60-17-11-5-2-8-14-20(33,34)23(39,40)26(45,46)29(52,53)54)61-18-12-6-3-9-15-21(35,36)24(41,42)27(47,48)30(55,56)57/h1-18H2. The predicted molar refractivity (Wildman–Crippen MR) is 157 cm³/mol. The van der Waals surface area contributed by atoms with E-state index in [1.54, 1.807) is 0 Å². The molecule has 0 aliphatic rings. The fourth-order valence-electron chi connectivity index (χ4n) is 4.74. The van der Waals surface area contributed by atoms with Gasteiger partial charge < -0.3 is 0 Å². The van der Waals surface area contributed by atoms with Crippen molar-refractivity contribution in [2.45, 2.75) is 168 Å². The van der Waals surface area contributed by atoms with Crippen molar-refractivity contribution in [2.24, 2.45) is 0 Å². The highest BCUT2D eigenvalue weighted by Crippen LogP contribution is 2.57. The number of phosphoric acid groups is 1. The van der Waals surface area contributed by atoms with Gasteiger partial charge in [-0.3, -0.25) is 13.6 Å². The molecule has 0 aliphatic carbocycles. The van der Waals surface area contributed by atoms with Crippen molar-refractivity contribution in [3.63, 3.8) is 0 Å². The quantitative estimate of drug-likeness (QED) is 0.0409. The molecule has 0 amide bonds. The fourth-order valence-corrected chi connectivity index (χ4v) is 6.02. The number of phosphoric ester groups is 1. The molecule has 0 aliphatic heterocycles. The summed E-state index contributed by atoms with van der Waals surface area (Å²) in [5, 5.41) is 0. The van der Waals surface area contributed by atoms with Gasteiger partial charge in [-0.2, -0.15) is 119 Å². The average Bonchev–Trinajstić information content (AvgIpc) is 3.08. The Bertz CT molecular complexity index is 1230. The van der Waals surface area contributed by atoms with Gasteiger partial charge in [0.15, 0.2) is 0 Å². The lowest BCUT2D eigenvalue weighted by atomic mass is 9.98. The van der Waals surface area contributed by atoms with E-state index in [1.165, 1.54) is 0 Å². The Morgan fingerprint density at radius 3 is 0.613 bits per heavy atom. The zero-order valence-corrected chi connectivity index (χ0v) is 31.9. The van der Waals surface area contributed by atoms with Gasteiger partial charge in [-0.1, -0.05) is 38.5 Å². The first-order valence-corrected chi connectivity index (χ1v) is 19.0. The first kappa shape index (κ1) is 60.2. The zero-order valence-electron chi connectivity index (χ0n) is 31.0. The van der Waals surface area contributed by atoms with Crippen LogP contribution in [0.25, 0.3) is 0 Å². The van der Waals surface area contributed by atoms with Crippen LogP contribution in [0.5, 0.6) is 0 Å². The lowest BCUT2D eigenvalue weighted by molar-refractivity contribution is -0.396. The molecule has 0 fully saturated rings. The Morgan fingerprint density at radius 1 is 0.258 bits per heavy atom. The van der Waals surface area contributed by atoms with Crippen molar-refractivity contribution in [1.82, 2.24) is 0 Å². The van der Waals surface area contributed by atoms with Crippen LogP contribution < -0.4 is 0 Å². The molecule has 0 saturated heterocycles. The topological polar surface area (TPSA) is 44.8 Å². The summed E-state index contributed by atoms with van der Waals surface area (Å²) < 4.78 is 378. The molecule has 374 valence electrons. The molecule has 32 heteroatoms. The molecule has 0 radical (unpaired) electrons. The van der Waals surface area contributed by atoms with Crippen LogP contribution in [-0.4, -0.2) is 91.7 Å². The summed E-state index contributed by atoms with van der Waals surface area (Å²) >= 11 is 0. The molecule has 62 heavy (non-hydrogen) atoms. The maximum absolute atomic E-state index is 13.7. The third-order valence-electron chi connectivity index (χ3n) is 8.53. The Morgan fingerprint density at radius 2 is 0.435 bits per heavy atom. The monoisotopic (exact) mass is 1000 g/mol. The number of alkyl halides is 27. The molecule has 4 nitrogen and oxygen atoms in total. The summed E-state index contributed by atoms with van der Waals surface area (Å²) in [6.07, 6.45) is -35.1. The van der Waals surface area contributed by atoms with Crippen LogP contribution in [0.3, 0.4) is 0 Å². The van der Waals surface area contributed by atoms with Crippen LogP contribution in [0.1, 0.15) is 96.3 Å². The maximum Gasteiger partial charge on any atom is 0.474 e. The third-order valence-corrected chi connectivity index (χ3v) is 10.0. The van der Waals surface area contributed by atoms with Gasteiger partial charge in [0.2, 0.25) is 0 Å².